The minimum Gasteiger partial charge on any atom is -0.348 e. The molecule has 132 valence electrons. The fraction of sp³-hybridized carbons (Fsp3) is 0.500. The zero-order valence-electron chi connectivity index (χ0n) is 14.6. The first kappa shape index (κ1) is 16.3. The van der Waals surface area contributed by atoms with Crippen LogP contribution in [0, 0.1) is 5.92 Å². The summed E-state index contributed by atoms with van der Waals surface area (Å²) in [6.45, 7) is 1.67. The minimum atomic E-state index is -0.0221. The number of carbonyl (C=O) groups excluding carboxylic acids is 1. The van der Waals surface area contributed by atoms with Gasteiger partial charge < -0.3 is 10.6 Å². The van der Waals surface area contributed by atoms with Gasteiger partial charge in [-0.05, 0) is 30.7 Å². The molecule has 0 spiro atoms. The molecule has 1 fully saturated rings. The molecule has 1 aromatic carbocycles. The van der Waals surface area contributed by atoms with E-state index in [0.29, 0.717) is 11.6 Å². The zero-order chi connectivity index (χ0) is 17.1. The van der Waals surface area contributed by atoms with Crippen molar-refractivity contribution >= 4 is 5.91 Å². The Morgan fingerprint density at radius 2 is 2.04 bits per heavy atom. The van der Waals surface area contributed by atoms with Gasteiger partial charge >= 0.3 is 0 Å². The van der Waals surface area contributed by atoms with Crippen LogP contribution in [-0.2, 0) is 19.4 Å². The van der Waals surface area contributed by atoms with Gasteiger partial charge in [0.25, 0.3) is 5.91 Å². The normalized spacial score (nSPS) is 23.0. The van der Waals surface area contributed by atoms with Gasteiger partial charge in [0.2, 0.25) is 0 Å². The van der Waals surface area contributed by atoms with Crippen molar-refractivity contribution in [2.45, 2.75) is 51.1 Å². The molecule has 2 unspecified atom stereocenters. The fourth-order valence-corrected chi connectivity index (χ4v) is 4.21. The highest BCUT2D eigenvalue weighted by molar-refractivity contribution is 5.94. The number of aromatic amines is 1. The van der Waals surface area contributed by atoms with Gasteiger partial charge in [-0.15, -0.1) is 0 Å². The maximum atomic E-state index is 12.8. The Labute approximate surface area is 148 Å². The summed E-state index contributed by atoms with van der Waals surface area (Å²) in [6.07, 6.45) is 6.64. The first-order chi connectivity index (χ1) is 12.3. The Balaban J connectivity index is 1.46. The third kappa shape index (κ3) is 3.61. The van der Waals surface area contributed by atoms with Gasteiger partial charge in [0, 0.05) is 36.8 Å². The van der Waals surface area contributed by atoms with E-state index in [2.05, 4.69) is 51.2 Å². The van der Waals surface area contributed by atoms with Crippen molar-refractivity contribution in [3.63, 3.8) is 0 Å². The van der Waals surface area contributed by atoms with Crippen LogP contribution in [0.15, 0.2) is 30.3 Å². The Hall–Kier alpha value is -2.14. The number of H-pyrrole nitrogens is 1. The van der Waals surface area contributed by atoms with E-state index < -0.39 is 0 Å². The van der Waals surface area contributed by atoms with E-state index in [4.69, 9.17) is 0 Å². The summed E-state index contributed by atoms with van der Waals surface area (Å²) >= 11 is 0. The zero-order valence-corrected chi connectivity index (χ0v) is 14.6. The van der Waals surface area contributed by atoms with Crippen LogP contribution in [0.4, 0.5) is 0 Å². The van der Waals surface area contributed by atoms with E-state index in [9.17, 15) is 4.79 Å². The number of rotatable bonds is 4. The van der Waals surface area contributed by atoms with Crippen LogP contribution in [0.3, 0.4) is 0 Å². The van der Waals surface area contributed by atoms with Crippen LogP contribution in [-0.4, -0.2) is 28.7 Å². The molecule has 1 amide bonds. The Morgan fingerprint density at radius 3 is 2.92 bits per heavy atom. The molecular weight excluding hydrogens is 312 g/mol. The van der Waals surface area contributed by atoms with Gasteiger partial charge in [0.05, 0.1) is 0 Å². The molecule has 1 aliphatic heterocycles. The van der Waals surface area contributed by atoms with Crippen molar-refractivity contribution in [3.8, 4) is 0 Å². The molecule has 1 aliphatic carbocycles. The molecule has 4 rings (SSSR count). The molecule has 0 radical (unpaired) electrons. The molecule has 2 atom stereocenters. The lowest BCUT2D eigenvalue weighted by atomic mass is 9.80. The number of hydrogen-bond acceptors (Lipinski definition) is 3. The van der Waals surface area contributed by atoms with E-state index in [0.717, 1.165) is 43.6 Å². The quantitative estimate of drug-likeness (QED) is 0.802. The summed E-state index contributed by atoms with van der Waals surface area (Å²) in [5.74, 6) is 0.485. The Morgan fingerprint density at radius 1 is 1.20 bits per heavy atom. The van der Waals surface area contributed by atoms with Crippen LogP contribution >= 0.6 is 0 Å². The highest BCUT2D eigenvalue weighted by atomic mass is 16.2. The molecule has 2 aromatic rings. The second kappa shape index (κ2) is 7.40. The standard InChI is InChI=1S/C20H26N4O/c25-20(19-16-13-21-11-10-18(16)23-24-19)22-17-9-5-4-8-15(17)12-14-6-2-1-3-7-14/h1-3,6-7,15,17,21H,4-5,8-13H2,(H,22,25)(H,23,24). The second-order valence-corrected chi connectivity index (χ2v) is 7.27. The average Bonchev–Trinajstić information content (AvgIpc) is 3.08. The number of fused-ring (bicyclic) bond motifs is 1. The number of benzene rings is 1. The highest BCUT2D eigenvalue weighted by Gasteiger charge is 2.29. The molecule has 2 heterocycles. The van der Waals surface area contributed by atoms with E-state index in [-0.39, 0.29) is 11.9 Å². The maximum Gasteiger partial charge on any atom is 0.272 e. The summed E-state index contributed by atoms with van der Waals surface area (Å²) in [5, 5.41) is 14.0. The third-order valence-corrected chi connectivity index (χ3v) is 5.59. The van der Waals surface area contributed by atoms with E-state index in [1.54, 1.807) is 0 Å². The van der Waals surface area contributed by atoms with Crippen molar-refractivity contribution in [2.75, 3.05) is 6.54 Å². The van der Waals surface area contributed by atoms with Crippen LogP contribution in [0.25, 0.3) is 0 Å². The smallest absolute Gasteiger partial charge is 0.272 e. The Bertz CT molecular complexity index is 725. The summed E-state index contributed by atoms with van der Waals surface area (Å²) in [6, 6.07) is 10.8. The SMILES string of the molecule is O=C(NC1CCCCC1Cc1ccccc1)c1n[nH]c2c1CNCC2. The highest BCUT2D eigenvalue weighted by Crippen LogP contribution is 2.28. The van der Waals surface area contributed by atoms with Crippen molar-refractivity contribution in [1.29, 1.82) is 0 Å². The molecule has 1 saturated carbocycles. The molecule has 1 aromatic heterocycles. The molecule has 5 heteroatoms. The number of aromatic nitrogens is 2. The number of nitrogens with one attached hydrogen (secondary N) is 3. The van der Waals surface area contributed by atoms with E-state index >= 15 is 0 Å². The molecule has 0 bridgehead atoms. The van der Waals surface area contributed by atoms with E-state index in [1.165, 1.54) is 24.8 Å². The van der Waals surface area contributed by atoms with Crippen LogP contribution < -0.4 is 10.6 Å². The molecular formula is C20H26N4O. The lowest BCUT2D eigenvalue weighted by molar-refractivity contribution is 0.0899. The molecule has 0 saturated heterocycles. The number of carbonyl (C=O) groups is 1. The predicted molar refractivity (Wildman–Crippen MR) is 97.4 cm³/mol. The van der Waals surface area contributed by atoms with Gasteiger partial charge in [0.15, 0.2) is 5.69 Å². The molecule has 3 N–H and O–H groups in total. The monoisotopic (exact) mass is 338 g/mol. The van der Waals surface area contributed by atoms with Crippen LogP contribution in [0.5, 0.6) is 0 Å². The van der Waals surface area contributed by atoms with Crippen molar-refractivity contribution < 1.29 is 4.79 Å². The van der Waals surface area contributed by atoms with E-state index in [1.807, 2.05) is 0 Å². The average molecular weight is 338 g/mol. The van der Waals surface area contributed by atoms with Gasteiger partial charge in [-0.1, -0.05) is 43.2 Å². The third-order valence-electron chi connectivity index (χ3n) is 5.59. The lowest BCUT2D eigenvalue weighted by Crippen LogP contribution is -2.43. The largest absolute Gasteiger partial charge is 0.348 e. The van der Waals surface area contributed by atoms with Gasteiger partial charge in [-0.25, -0.2) is 0 Å². The first-order valence-electron chi connectivity index (χ1n) is 9.43. The number of nitrogens with zero attached hydrogens (tertiary/aromatic N) is 1. The first-order valence-corrected chi connectivity index (χ1v) is 9.43. The summed E-state index contributed by atoms with van der Waals surface area (Å²) in [5.41, 5.74) is 4.08. The summed E-state index contributed by atoms with van der Waals surface area (Å²) in [7, 11) is 0. The van der Waals surface area contributed by atoms with Gasteiger partial charge in [0.1, 0.15) is 0 Å². The van der Waals surface area contributed by atoms with Gasteiger partial charge in [-0.2, -0.15) is 5.10 Å². The number of amides is 1. The Kier molecular flexibility index (Phi) is 4.83. The summed E-state index contributed by atoms with van der Waals surface area (Å²) < 4.78 is 0. The molecule has 5 nitrogen and oxygen atoms in total. The maximum absolute atomic E-state index is 12.8. The second-order valence-electron chi connectivity index (χ2n) is 7.27. The molecule has 25 heavy (non-hydrogen) atoms. The van der Waals surface area contributed by atoms with Crippen molar-refractivity contribution in [3.05, 3.63) is 52.8 Å². The molecule has 2 aliphatic rings. The topological polar surface area (TPSA) is 69.8 Å². The van der Waals surface area contributed by atoms with Gasteiger partial charge in [-0.3, -0.25) is 9.89 Å². The van der Waals surface area contributed by atoms with Crippen LogP contribution in [0.2, 0.25) is 0 Å². The predicted octanol–water partition coefficient (Wildman–Crippen LogP) is 2.59. The summed E-state index contributed by atoms with van der Waals surface area (Å²) in [4.78, 5) is 12.8. The fourth-order valence-electron chi connectivity index (χ4n) is 4.21. The van der Waals surface area contributed by atoms with Crippen molar-refractivity contribution in [1.82, 2.24) is 20.8 Å². The lowest BCUT2D eigenvalue weighted by Gasteiger charge is -2.32. The van der Waals surface area contributed by atoms with Crippen LogP contribution in [0.1, 0.15) is 53.0 Å². The number of hydrogen-bond donors (Lipinski definition) is 3. The minimum absolute atomic E-state index is 0.0221. The van der Waals surface area contributed by atoms with Crippen molar-refractivity contribution in [2.24, 2.45) is 5.92 Å².